The molecule has 0 spiro atoms. The summed E-state index contributed by atoms with van der Waals surface area (Å²) < 4.78 is 59.0. The molecule has 0 aliphatic carbocycles. The summed E-state index contributed by atoms with van der Waals surface area (Å²) in [6.07, 6.45) is 1.49. The molecule has 0 saturated carbocycles. The number of aromatic nitrogens is 2. The van der Waals surface area contributed by atoms with E-state index in [0.29, 0.717) is 31.7 Å². The topological polar surface area (TPSA) is 93.2 Å². The summed E-state index contributed by atoms with van der Waals surface area (Å²) in [6.45, 7) is 21.8. The Morgan fingerprint density at radius 1 is 1.17 bits per heavy atom. The van der Waals surface area contributed by atoms with Crippen LogP contribution in [-0.4, -0.2) is 32.6 Å². The zero-order valence-corrected chi connectivity index (χ0v) is 20.9. The van der Waals surface area contributed by atoms with E-state index in [0.717, 1.165) is 6.42 Å². The third kappa shape index (κ3) is 7.01. The number of azo groups is 1. The van der Waals surface area contributed by atoms with Gasteiger partial charge in [0.25, 0.3) is 21.6 Å². The minimum Gasteiger partial charge on any atom is -0.373 e. The van der Waals surface area contributed by atoms with Gasteiger partial charge in [-0.3, -0.25) is 0 Å². The molecular formula is C20H23F3N8NiO2S+2. The predicted molar refractivity (Wildman–Crippen MR) is 122 cm³/mol. The molecule has 1 aromatic carbocycles. The first-order valence-corrected chi connectivity index (χ1v) is 11.8. The summed E-state index contributed by atoms with van der Waals surface area (Å²) in [4.78, 5) is 12.5. The fourth-order valence-electron chi connectivity index (χ4n) is 2.98. The van der Waals surface area contributed by atoms with Crippen LogP contribution in [0, 0.1) is 13.1 Å². The number of rotatable bonds is 11. The second-order valence-electron chi connectivity index (χ2n) is 6.76. The molecule has 0 amide bonds. The second-order valence-corrected chi connectivity index (χ2v) is 8.46. The Morgan fingerprint density at radius 2 is 1.86 bits per heavy atom. The maximum atomic E-state index is 13.2. The third-order valence-corrected chi connectivity index (χ3v) is 5.81. The molecule has 15 heteroatoms. The van der Waals surface area contributed by atoms with E-state index >= 15 is 0 Å². The fourth-order valence-corrected chi connectivity index (χ4v) is 3.56. The number of hydrogen-bond acceptors (Lipinski definition) is 7. The molecule has 0 fully saturated rings. The first-order chi connectivity index (χ1) is 16.3. The predicted octanol–water partition coefficient (Wildman–Crippen LogP) is 7.18. The number of benzene rings is 1. The van der Waals surface area contributed by atoms with Crippen LogP contribution in [0.25, 0.3) is 9.69 Å². The SMILES string of the molecule is [C-]#[N+]c1nc(N=Nc2ccc(N(CC)CC)cc2N=S(=O)(OF)C(F)F)n(CCCC)c1[N+]#[C-].[Ni+2]. The number of anilines is 1. The summed E-state index contributed by atoms with van der Waals surface area (Å²) in [6, 6.07) is 4.34. The Labute approximate surface area is 212 Å². The Bertz CT molecular complexity index is 1240. The Kier molecular flexibility index (Phi) is 11.8. The van der Waals surface area contributed by atoms with Crippen LogP contribution in [0.1, 0.15) is 33.6 Å². The van der Waals surface area contributed by atoms with E-state index < -0.39 is 15.8 Å². The monoisotopic (exact) mass is 554 g/mol. The first-order valence-electron chi connectivity index (χ1n) is 10.3. The van der Waals surface area contributed by atoms with E-state index in [9.17, 15) is 17.5 Å². The molecule has 35 heavy (non-hydrogen) atoms. The van der Waals surface area contributed by atoms with E-state index in [2.05, 4.69) is 33.7 Å². The van der Waals surface area contributed by atoms with Crippen molar-refractivity contribution < 1.29 is 38.4 Å². The third-order valence-electron chi connectivity index (χ3n) is 4.73. The average Bonchev–Trinajstić information content (AvgIpc) is 3.19. The normalized spacial score (nSPS) is 12.6. The van der Waals surface area contributed by atoms with Crippen molar-refractivity contribution >= 4 is 44.7 Å². The number of imidazole rings is 1. The van der Waals surface area contributed by atoms with Gasteiger partial charge in [0.05, 0.1) is 6.54 Å². The van der Waals surface area contributed by atoms with Gasteiger partial charge in [-0.05, 0) is 43.0 Å². The zero-order valence-electron chi connectivity index (χ0n) is 19.1. The van der Waals surface area contributed by atoms with Crippen LogP contribution in [-0.2, 0) is 37.4 Å². The van der Waals surface area contributed by atoms with Gasteiger partial charge in [0.15, 0.2) is 0 Å². The van der Waals surface area contributed by atoms with Gasteiger partial charge in [0.1, 0.15) is 11.4 Å². The molecule has 2 rings (SSSR count). The first kappa shape index (κ1) is 30.0. The van der Waals surface area contributed by atoms with Gasteiger partial charge in [-0.15, -0.1) is 5.11 Å². The maximum Gasteiger partial charge on any atom is 2.00 e. The average molecular weight is 555 g/mol. The minimum atomic E-state index is -4.98. The summed E-state index contributed by atoms with van der Waals surface area (Å²) in [5.41, 5.74) is 0.103. The molecular weight excluding hydrogens is 532 g/mol. The van der Waals surface area contributed by atoms with E-state index in [4.69, 9.17) is 13.1 Å². The molecule has 0 saturated heterocycles. The van der Waals surface area contributed by atoms with Crippen molar-refractivity contribution in [2.75, 3.05) is 18.0 Å². The molecule has 190 valence electrons. The summed E-state index contributed by atoms with van der Waals surface area (Å²) >= 11 is 0. The van der Waals surface area contributed by atoms with E-state index in [1.54, 1.807) is 6.07 Å². The van der Waals surface area contributed by atoms with Gasteiger partial charge in [0, 0.05) is 18.8 Å². The van der Waals surface area contributed by atoms with Gasteiger partial charge in [-0.2, -0.15) is 13.1 Å². The maximum absolute atomic E-state index is 13.2. The van der Waals surface area contributed by atoms with Gasteiger partial charge in [-0.1, -0.05) is 41.0 Å². The molecule has 0 N–H and O–H groups in total. The van der Waals surface area contributed by atoms with Gasteiger partial charge < -0.3 is 14.6 Å². The number of hydrogen-bond donors (Lipinski definition) is 0. The van der Waals surface area contributed by atoms with E-state index in [-0.39, 0.29) is 45.5 Å². The van der Waals surface area contributed by atoms with E-state index in [1.165, 1.54) is 16.7 Å². The van der Waals surface area contributed by atoms with Crippen molar-refractivity contribution in [3.63, 3.8) is 0 Å². The molecule has 1 aromatic heterocycles. The number of halogens is 3. The Hall–Kier alpha value is -3.00. The van der Waals surface area contributed by atoms with Crippen LogP contribution >= 0.6 is 0 Å². The molecule has 1 unspecified atom stereocenters. The van der Waals surface area contributed by atoms with Crippen LogP contribution in [0.3, 0.4) is 0 Å². The van der Waals surface area contributed by atoms with Crippen LogP contribution < -0.4 is 4.90 Å². The van der Waals surface area contributed by atoms with Crippen molar-refractivity contribution in [2.45, 2.75) is 45.9 Å². The van der Waals surface area contributed by atoms with Gasteiger partial charge in [-0.25, -0.2) is 8.78 Å². The molecule has 0 aliphatic heterocycles. The number of nitrogens with zero attached hydrogens (tertiary/aromatic N) is 8. The zero-order chi connectivity index (χ0) is 25.3. The number of alkyl halides is 2. The Morgan fingerprint density at radius 3 is 2.37 bits per heavy atom. The summed E-state index contributed by atoms with van der Waals surface area (Å²) in [5, 5.41) is 7.96. The summed E-state index contributed by atoms with van der Waals surface area (Å²) in [5.74, 6) is -3.89. The van der Waals surface area contributed by atoms with Crippen LogP contribution in [0.2, 0.25) is 0 Å². The quantitative estimate of drug-likeness (QED) is 0.167. The van der Waals surface area contributed by atoms with Crippen molar-refractivity contribution in [3.05, 3.63) is 41.0 Å². The van der Waals surface area contributed by atoms with Crippen molar-refractivity contribution in [1.82, 2.24) is 9.55 Å². The van der Waals surface area contributed by atoms with Crippen LogP contribution in [0.5, 0.6) is 0 Å². The van der Waals surface area contributed by atoms with Crippen molar-refractivity contribution in [3.8, 4) is 0 Å². The van der Waals surface area contributed by atoms with Crippen LogP contribution in [0.15, 0.2) is 32.8 Å². The molecule has 1 heterocycles. The fraction of sp³-hybridized carbons (Fsp3) is 0.450. The van der Waals surface area contributed by atoms with Gasteiger partial charge in [0.2, 0.25) is 0 Å². The van der Waals surface area contributed by atoms with Crippen molar-refractivity contribution in [1.29, 1.82) is 0 Å². The van der Waals surface area contributed by atoms with E-state index in [1.807, 2.05) is 25.7 Å². The molecule has 0 radical (unpaired) electrons. The molecule has 2 aromatic rings. The molecule has 0 bridgehead atoms. The molecule has 0 aliphatic rings. The molecule has 1 atom stereocenters. The van der Waals surface area contributed by atoms with Gasteiger partial charge >= 0.3 is 28.2 Å². The second kappa shape index (κ2) is 13.8. The minimum absolute atomic E-state index is 0. The Balaban J connectivity index is 0.00000612. The number of unbranched alkanes of at least 4 members (excludes halogenated alkanes) is 1. The molecule has 10 nitrogen and oxygen atoms in total. The summed E-state index contributed by atoms with van der Waals surface area (Å²) in [7, 11) is -4.98. The van der Waals surface area contributed by atoms with Crippen molar-refractivity contribution in [2.24, 2.45) is 14.6 Å². The van der Waals surface area contributed by atoms with Crippen LogP contribution in [0.4, 0.5) is 48.0 Å². The largest absolute Gasteiger partial charge is 2.00 e. The standard InChI is InChI=1S/C20H23F3N8O2S.Ni/c1-6-9-12-31-18(25-5)17(24-4)26-20(31)28-27-15-11-10-14(30(7-2)8-3)13-16(15)29-34(32,33-23)19(21)22;/h10-11,13,19H,6-9,12H2,1-3H3;/q;+2. The smallest absolute Gasteiger partial charge is 0.373 e.